The average molecular weight is 388 g/mol. The molecule has 0 spiro atoms. The van der Waals surface area contributed by atoms with E-state index in [0.29, 0.717) is 13.2 Å². The molecule has 146 valence electrons. The maximum absolute atomic E-state index is 13.8. The number of aromatic amines is 1. The van der Waals surface area contributed by atoms with E-state index >= 15 is 0 Å². The Balaban J connectivity index is 1.61. The molecule has 1 saturated heterocycles. The van der Waals surface area contributed by atoms with Crippen molar-refractivity contribution in [1.82, 2.24) is 20.1 Å². The number of rotatable bonds is 5. The fraction of sp³-hybridized carbons (Fsp3) is 0.316. The normalized spacial score (nSPS) is 16.6. The van der Waals surface area contributed by atoms with Gasteiger partial charge in [-0.05, 0) is 25.0 Å². The molecule has 0 saturated carbocycles. The van der Waals surface area contributed by atoms with Crippen LogP contribution in [0.2, 0.25) is 0 Å². The van der Waals surface area contributed by atoms with Crippen LogP contribution < -0.4 is 10.9 Å². The van der Waals surface area contributed by atoms with Crippen LogP contribution in [0.25, 0.3) is 11.3 Å². The van der Waals surface area contributed by atoms with Gasteiger partial charge in [-0.3, -0.25) is 9.59 Å². The second-order valence-electron chi connectivity index (χ2n) is 6.70. The minimum absolute atomic E-state index is 0.00729. The molecule has 1 fully saturated rings. The Morgan fingerprint density at radius 2 is 2.11 bits per heavy atom. The SMILES string of the molecule is O=C(NCc1c(F)cccc1F)c1cn(CC2CCCO2)cc2c(=O)[nH]nc1-2. The van der Waals surface area contributed by atoms with Crippen molar-refractivity contribution in [3.05, 3.63) is 63.7 Å². The molecule has 1 atom stereocenters. The average Bonchev–Trinajstić information content (AvgIpc) is 3.31. The molecule has 1 aromatic rings. The predicted molar refractivity (Wildman–Crippen MR) is 96.0 cm³/mol. The van der Waals surface area contributed by atoms with Crippen molar-refractivity contribution >= 4 is 5.91 Å². The number of ether oxygens (including phenoxy) is 1. The molecule has 3 heterocycles. The summed E-state index contributed by atoms with van der Waals surface area (Å²) < 4.78 is 34.9. The number of carbonyl (C=O) groups excluding carboxylic acids is 1. The first-order valence-electron chi connectivity index (χ1n) is 8.94. The fourth-order valence-corrected chi connectivity index (χ4v) is 3.35. The van der Waals surface area contributed by atoms with Gasteiger partial charge >= 0.3 is 0 Å². The largest absolute Gasteiger partial charge is 0.376 e. The first-order chi connectivity index (χ1) is 13.5. The van der Waals surface area contributed by atoms with Gasteiger partial charge in [0, 0.05) is 37.7 Å². The van der Waals surface area contributed by atoms with Gasteiger partial charge in [-0.1, -0.05) is 6.07 Å². The summed E-state index contributed by atoms with van der Waals surface area (Å²) in [5.74, 6) is -2.07. The van der Waals surface area contributed by atoms with Crippen molar-refractivity contribution in [2.45, 2.75) is 32.0 Å². The van der Waals surface area contributed by atoms with Crippen LogP contribution in [-0.4, -0.2) is 33.4 Å². The quantitative estimate of drug-likeness (QED) is 0.700. The maximum atomic E-state index is 13.8. The van der Waals surface area contributed by atoms with Crippen molar-refractivity contribution < 1.29 is 18.3 Å². The van der Waals surface area contributed by atoms with E-state index in [9.17, 15) is 18.4 Å². The zero-order valence-electron chi connectivity index (χ0n) is 14.9. The number of hydrogen-bond donors (Lipinski definition) is 2. The van der Waals surface area contributed by atoms with Crippen LogP contribution in [0.3, 0.4) is 0 Å². The summed E-state index contributed by atoms with van der Waals surface area (Å²) >= 11 is 0. The van der Waals surface area contributed by atoms with Crippen molar-refractivity contribution in [2.24, 2.45) is 0 Å². The number of carbonyl (C=O) groups is 1. The minimum atomic E-state index is -0.742. The first kappa shape index (κ1) is 18.3. The number of benzene rings is 1. The van der Waals surface area contributed by atoms with Crippen LogP contribution >= 0.6 is 0 Å². The van der Waals surface area contributed by atoms with Gasteiger partial charge in [0.25, 0.3) is 11.5 Å². The van der Waals surface area contributed by atoms with E-state index in [2.05, 4.69) is 15.5 Å². The van der Waals surface area contributed by atoms with Crippen LogP contribution in [0.4, 0.5) is 8.78 Å². The van der Waals surface area contributed by atoms with Gasteiger partial charge in [0.1, 0.15) is 17.3 Å². The van der Waals surface area contributed by atoms with Gasteiger partial charge in [0.05, 0.1) is 17.2 Å². The number of nitrogens with one attached hydrogen (secondary N) is 2. The Kier molecular flexibility index (Phi) is 4.91. The summed E-state index contributed by atoms with van der Waals surface area (Å²) in [6.07, 6.45) is 5.06. The standard InChI is InChI=1S/C19H18F2N4O3/c20-15-4-1-5-16(21)12(15)7-22-18(26)13-9-25(8-11-3-2-6-28-11)10-14-17(13)23-24-19(14)27/h1,4-5,9-11H,2-3,6-8H2,(H,22,26)(H,24,27). The lowest BCUT2D eigenvalue weighted by molar-refractivity contribution is 0.0935. The summed E-state index contributed by atoms with van der Waals surface area (Å²) in [4.78, 5) is 24.7. The van der Waals surface area contributed by atoms with Gasteiger partial charge in [0.2, 0.25) is 0 Å². The number of halogens is 2. The van der Waals surface area contributed by atoms with Gasteiger partial charge in [-0.15, -0.1) is 0 Å². The van der Waals surface area contributed by atoms with E-state index in [-0.39, 0.29) is 35.0 Å². The molecule has 9 heteroatoms. The summed E-state index contributed by atoms with van der Waals surface area (Å²) in [6, 6.07) is 3.50. The van der Waals surface area contributed by atoms with Crippen molar-refractivity contribution in [3.63, 3.8) is 0 Å². The molecule has 2 N–H and O–H groups in total. The molecule has 3 aliphatic heterocycles. The van der Waals surface area contributed by atoms with E-state index in [1.807, 2.05) is 0 Å². The topological polar surface area (TPSA) is 89.0 Å². The third-order valence-electron chi connectivity index (χ3n) is 4.78. The zero-order chi connectivity index (χ0) is 19.7. The molecule has 0 bridgehead atoms. The third kappa shape index (κ3) is 3.53. The molecule has 28 heavy (non-hydrogen) atoms. The van der Waals surface area contributed by atoms with Crippen molar-refractivity contribution in [2.75, 3.05) is 6.61 Å². The summed E-state index contributed by atoms with van der Waals surface area (Å²) in [5, 5.41) is 8.75. The third-order valence-corrected chi connectivity index (χ3v) is 4.78. The van der Waals surface area contributed by atoms with Gasteiger partial charge in [-0.2, -0.15) is 5.10 Å². The van der Waals surface area contributed by atoms with E-state index in [1.54, 1.807) is 17.0 Å². The Bertz CT molecular complexity index is 1020. The van der Waals surface area contributed by atoms with Crippen LogP contribution in [-0.2, 0) is 17.8 Å². The maximum Gasteiger partial charge on any atom is 0.275 e. The highest BCUT2D eigenvalue weighted by Gasteiger charge is 2.23. The highest BCUT2D eigenvalue weighted by atomic mass is 19.1. The van der Waals surface area contributed by atoms with Crippen LogP contribution in [0.1, 0.15) is 28.8 Å². The Morgan fingerprint density at radius 3 is 2.82 bits per heavy atom. The molecule has 1 amide bonds. The second-order valence-corrected chi connectivity index (χ2v) is 6.70. The Hall–Kier alpha value is -3.07. The Morgan fingerprint density at radius 1 is 1.32 bits per heavy atom. The smallest absolute Gasteiger partial charge is 0.275 e. The van der Waals surface area contributed by atoms with E-state index in [1.165, 1.54) is 6.07 Å². The molecule has 0 aromatic heterocycles. The fourth-order valence-electron chi connectivity index (χ4n) is 3.35. The van der Waals surface area contributed by atoms with E-state index in [0.717, 1.165) is 25.0 Å². The minimum Gasteiger partial charge on any atom is -0.376 e. The number of H-pyrrole nitrogens is 1. The first-order valence-corrected chi connectivity index (χ1v) is 8.94. The van der Waals surface area contributed by atoms with Crippen LogP contribution in [0, 0.1) is 11.6 Å². The number of nitrogens with zero attached hydrogens (tertiary/aromatic N) is 2. The molecule has 0 radical (unpaired) electrons. The van der Waals surface area contributed by atoms with E-state index < -0.39 is 23.1 Å². The molecule has 1 aromatic carbocycles. The molecular formula is C19H18F2N4O3. The Labute approximate surface area is 158 Å². The van der Waals surface area contributed by atoms with Crippen LogP contribution in [0.15, 0.2) is 35.4 Å². The van der Waals surface area contributed by atoms with Gasteiger partial charge in [-0.25, -0.2) is 13.9 Å². The molecule has 0 aliphatic carbocycles. The van der Waals surface area contributed by atoms with Crippen LogP contribution in [0.5, 0.6) is 0 Å². The van der Waals surface area contributed by atoms with E-state index in [4.69, 9.17) is 4.74 Å². The number of fused-ring (bicyclic) bond motifs is 1. The lowest BCUT2D eigenvalue weighted by atomic mass is 10.1. The predicted octanol–water partition coefficient (Wildman–Crippen LogP) is 2.06. The molecular weight excluding hydrogens is 370 g/mol. The number of aromatic nitrogens is 3. The second kappa shape index (κ2) is 7.51. The zero-order valence-corrected chi connectivity index (χ0v) is 14.9. The molecule has 4 rings (SSSR count). The number of pyridine rings is 1. The number of hydrogen-bond acceptors (Lipinski definition) is 4. The van der Waals surface area contributed by atoms with Crippen molar-refractivity contribution in [1.29, 1.82) is 0 Å². The monoisotopic (exact) mass is 388 g/mol. The summed E-state index contributed by atoms with van der Waals surface area (Å²) in [6.45, 7) is 0.852. The molecule has 7 nitrogen and oxygen atoms in total. The van der Waals surface area contributed by atoms with Gasteiger partial charge in [0.15, 0.2) is 0 Å². The summed E-state index contributed by atoms with van der Waals surface area (Å²) in [5.41, 5.74) is -0.0268. The molecule has 1 unspecified atom stereocenters. The lowest BCUT2D eigenvalue weighted by Crippen LogP contribution is -2.26. The molecule has 3 aliphatic rings. The number of amides is 1. The lowest BCUT2D eigenvalue weighted by Gasteiger charge is -2.16. The summed E-state index contributed by atoms with van der Waals surface area (Å²) in [7, 11) is 0. The van der Waals surface area contributed by atoms with Crippen molar-refractivity contribution in [3.8, 4) is 11.3 Å². The highest BCUT2D eigenvalue weighted by Crippen LogP contribution is 2.22. The highest BCUT2D eigenvalue weighted by molar-refractivity contribution is 5.99. The van der Waals surface area contributed by atoms with Gasteiger partial charge < -0.3 is 14.6 Å².